The average molecular weight is 287 g/mol. The molecule has 20 heavy (non-hydrogen) atoms. The van der Waals surface area contributed by atoms with Crippen LogP contribution >= 0.6 is 11.3 Å². The lowest BCUT2D eigenvalue weighted by Gasteiger charge is -2.04. The fourth-order valence-electron chi connectivity index (χ4n) is 1.62. The summed E-state index contributed by atoms with van der Waals surface area (Å²) in [6.45, 7) is 1.60. The molecular formula is C13H9N3O3S. The number of rotatable bonds is 3. The van der Waals surface area contributed by atoms with Crippen LogP contribution in [0.25, 0.3) is 0 Å². The summed E-state index contributed by atoms with van der Waals surface area (Å²) in [7, 11) is 0. The third-order valence-electron chi connectivity index (χ3n) is 2.68. The van der Waals surface area contributed by atoms with E-state index < -0.39 is 10.8 Å². The molecule has 1 N–H and O–H groups in total. The smallest absolute Gasteiger partial charge is 0.273 e. The maximum absolute atomic E-state index is 12.0. The van der Waals surface area contributed by atoms with Gasteiger partial charge in [0.25, 0.3) is 11.6 Å². The van der Waals surface area contributed by atoms with E-state index >= 15 is 0 Å². The Bertz CT molecular complexity index is 731. The molecule has 0 atom stereocenters. The number of nitro benzene ring substituents is 1. The molecule has 2 rings (SSSR count). The van der Waals surface area contributed by atoms with Gasteiger partial charge in [-0.3, -0.25) is 14.9 Å². The Kier molecular flexibility index (Phi) is 3.77. The minimum absolute atomic E-state index is 0.107. The Morgan fingerprint density at radius 3 is 2.85 bits per heavy atom. The van der Waals surface area contributed by atoms with Crippen LogP contribution in [-0.2, 0) is 0 Å². The number of aryl methyl sites for hydroxylation is 1. The summed E-state index contributed by atoms with van der Waals surface area (Å²) in [4.78, 5) is 22.3. The fourth-order valence-corrected chi connectivity index (χ4v) is 2.35. The molecule has 0 saturated heterocycles. The highest BCUT2D eigenvalue weighted by atomic mass is 32.1. The minimum atomic E-state index is -0.530. The lowest BCUT2D eigenvalue weighted by molar-refractivity contribution is -0.385. The maximum atomic E-state index is 12.0. The zero-order valence-corrected chi connectivity index (χ0v) is 11.2. The van der Waals surface area contributed by atoms with Crippen molar-refractivity contribution in [2.24, 2.45) is 0 Å². The second kappa shape index (κ2) is 5.50. The molecule has 100 valence electrons. The average Bonchev–Trinajstić information content (AvgIpc) is 2.86. The van der Waals surface area contributed by atoms with Crippen LogP contribution in [0, 0.1) is 28.4 Å². The Morgan fingerprint density at radius 1 is 1.45 bits per heavy atom. The fraction of sp³-hybridized carbons (Fsp3) is 0.0769. The van der Waals surface area contributed by atoms with Crippen molar-refractivity contribution in [3.8, 4) is 6.07 Å². The Hall–Kier alpha value is -2.72. The molecule has 0 spiro atoms. The molecule has 6 nitrogen and oxygen atoms in total. The molecule has 7 heteroatoms. The number of hydrogen-bond acceptors (Lipinski definition) is 5. The third-order valence-corrected chi connectivity index (χ3v) is 3.51. The number of nitro groups is 1. The van der Waals surface area contributed by atoms with Crippen LogP contribution in [0.15, 0.2) is 29.6 Å². The van der Waals surface area contributed by atoms with Gasteiger partial charge < -0.3 is 5.32 Å². The van der Waals surface area contributed by atoms with E-state index in [0.717, 1.165) is 0 Å². The molecule has 0 fully saturated rings. The first-order chi connectivity index (χ1) is 9.52. The molecule has 0 aliphatic rings. The summed E-state index contributed by atoms with van der Waals surface area (Å²) in [5, 5.41) is 24.4. The SMILES string of the molecule is Cc1ccc(C(=O)Nc2sccc2C#N)cc1[N+](=O)[O-]. The van der Waals surface area contributed by atoms with Gasteiger partial charge in [-0.1, -0.05) is 6.07 Å². The van der Waals surface area contributed by atoms with Crippen molar-refractivity contribution in [3.63, 3.8) is 0 Å². The largest absolute Gasteiger partial charge is 0.312 e. The zero-order valence-electron chi connectivity index (χ0n) is 10.4. The monoisotopic (exact) mass is 287 g/mol. The van der Waals surface area contributed by atoms with E-state index in [1.54, 1.807) is 18.4 Å². The number of nitriles is 1. The van der Waals surface area contributed by atoms with Crippen molar-refractivity contribution >= 4 is 27.9 Å². The van der Waals surface area contributed by atoms with Gasteiger partial charge in [0.1, 0.15) is 11.1 Å². The molecule has 1 heterocycles. The van der Waals surface area contributed by atoms with E-state index in [2.05, 4.69) is 5.32 Å². The second-order valence-electron chi connectivity index (χ2n) is 3.99. The van der Waals surface area contributed by atoms with Crippen LogP contribution in [0.1, 0.15) is 21.5 Å². The number of carbonyl (C=O) groups excluding carboxylic acids is 1. The van der Waals surface area contributed by atoms with E-state index in [1.165, 1.54) is 29.5 Å². The number of benzene rings is 1. The molecule has 2 aromatic rings. The first kappa shape index (κ1) is 13.7. The predicted molar refractivity (Wildman–Crippen MR) is 74.8 cm³/mol. The van der Waals surface area contributed by atoms with E-state index in [1.807, 2.05) is 6.07 Å². The van der Waals surface area contributed by atoms with Gasteiger partial charge >= 0.3 is 0 Å². The van der Waals surface area contributed by atoms with Gasteiger partial charge in [0, 0.05) is 17.2 Å². The summed E-state index contributed by atoms with van der Waals surface area (Å²) < 4.78 is 0. The normalized spacial score (nSPS) is 9.80. The van der Waals surface area contributed by atoms with E-state index in [-0.39, 0.29) is 11.3 Å². The highest BCUT2D eigenvalue weighted by Gasteiger charge is 2.16. The van der Waals surface area contributed by atoms with Gasteiger partial charge in [0.2, 0.25) is 0 Å². The number of anilines is 1. The van der Waals surface area contributed by atoms with E-state index in [9.17, 15) is 14.9 Å². The molecule has 1 aromatic carbocycles. The van der Waals surface area contributed by atoms with Crippen LogP contribution in [-0.4, -0.2) is 10.8 Å². The molecule has 1 aromatic heterocycles. The number of nitrogens with one attached hydrogen (secondary N) is 1. The maximum Gasteiger partial charge on any atom is 0.273 e. The molecule has 0 aliphatic carbocycles. The lowest BCUT2D eigenvalue weighted by Crippen LogP contribution is -2.12. The zero-order chi connectivity index (χ0) is 14.7. The number of nitrogens with zero attached hydrogens (tertiary/aromatic N) is 2. The van der Waals surface area contributed by atoms with Crippen LogP contribution in [0.3, 0.4) is 0 Å². The van der Waals surface area contributed by atoms with Crippen molar-refractivity contribution in [1.29, 1.82) is 5.26 Å². The second-order valence-corrected chi connectivity index (χ2v) is 4.90. The summed E-state index contributed by atoms with van der Waals surface area (Å²) in [5.74, 6) is -0.480. The summed E-state index contributed by atoms with van der Waals surface area (Å²) >= 11 is 1.22. The molecule has 1 amide bonds. The van der Waals surface area contributed by atoms with Gasteiger partial charge in [-0.15, -0.1) is 11.3 Å². The standard InChI is InChI=1S/C13H9N3O3S/c1-8-2-3-9(6-11(8)16(18)19)12(17)15-13-10(7-14)4-5-20-13/h2-6H,1H3,(H,15,17). The van der Waals surface area contributed by atoms with Crippen LogP contribution in [0.4, 0.5) is 10.7 Å². The van der Waals surface area contributed by atoms with Crippen molar-refractivity contribution in [2.45, 2.75) is 6.92 Å². The van der Waals surface area contributed by atoms with Gasteiger partial charge in [-0.25, -0.2) is 0 Å². The lowest BCUT2D eigenvalue weighted by atomic mass is 10.1. The van der Waals surface area contributed by atoms with Crippen LogP contribution in [0.2, 0.25) is 0 Å². The number of hydrogen-bond donors (Lipinski definition) is 1. The molecule has 0 radical (unpaired) electrons. The Morgan fingerprint density at radius 2 is 2.20 bits per heavy atom. The minimum Gasteiger partial charge on any atom is -0.312 e. The third kappa shape index (κ3) is 2.65. The van der Waals surface area contributed by atoms with Gasteiger partial charge in [-0.05, 0) is 24.4 Å². The van der Waals surface area contributed by atoms with Crippen molar-refractivity contribution in [1.82, 2.24) is 0 Å². The van der Waals surface area contributed by atoms with Gasteiger partial charge in [0.05, 0.1) is 10.5 Å². The van der Waals surface area contributed by atoms with Gasteiger partial charge in [-0.2, -0.15) is 5.26 Å². The summed E-state index contributed by atoms with van der Waals surface area (Å²) in [6, 6.07) is 7.81. The number of carbonyl (C=O) groups is 1. The molecular weight excluding hydrogens is 278 g/mol. The van der Waals surface area contributed by atoms with Crippen molar-refractivity contribution in [3.05, 3.63) is 56.5 Å². The molecule has 0 saturated carbocycles. The number of amides is 1. The summed E-state index contributed by atoms with van der Waals surface area (Å²) in [6.07, 6.45) is 0. The Labute approximate surface area is 118 Å². The molecule has 0 aliphatic heterocycles. The highest BCUT2D eigenvalue weighted by Crippen LogP contribution is 2.24. The Balaban J connectivity index is 2.29. The summed E-state index contributed by atoms with van der Waals surface area (Å²) in [5.41, 5.74) is 0.925. The first-order valence-electron chi connectivity index (χ1n) is 5.57. The van der Waals surface area contributed by atoms with Crippen molar-refractivity contribution < 1.29 is 9.72 Å². The first-order valence-corrected chi connectivity index (χ1v) is 6.45. The van der Waals surface area contributed by atoms with E-state index in [4.69, 9.17) is 5.26 Å². The van der Waals surface area contributed by atoms with Crippen LogP contribution < -0.4 is 5.32 Å². The van der Waals surface area contributed by atoms with E-state index in [0.29, 0.717) is 16.1 Å². The van der Waals surface area contributed by atoms with Crippen molar-refractivity contribution in [2.75, 3.05) is 5.32 Å². The number of thiophene rings is 1. The highest BCUT2D eigenvalue weighted by molar-refractivity contribution is 7.14. The topological polar surface area (TPSA) is 96.0 Å². The predicted octanol–water partition coefficient (Wildman–Crippen LogP) is 3.09. The molecule has 0 unspecified atom stereocenters. The quantitative estimate of drug-likeness (QED) is 0.693. The van der Waals surface area contributed by atoms with Crippen LogP contribution in [0.5, 0.6) is 0 Å². The van der Waals surface area contributed by atoms with Gasteiger partial charge in [0.15, 0.2) is 0 Å². The molecule has 0 bridgehead atoms.